The highest BCUT2D eigenvalue weighted by Gasteiger charge is 2.17. The Hall–Kier alpha value is -1.25. The third kappa shape index (κ3) is 2.11. The number of nitrogen functional groups attached to an aromatic ring is 1. The van der Waals surface area contributed by atoms with Gasteiger partial charge < -0.3 is 10.5 Å². The monoisotopic (exact) mass is 178 g/mol. The number of nitrogens with two attached hydrogens (primary N) is 1. The van der Waals surface area contributed by atoms with Crippen LogP contribution in [0.3, 0.4) is 0 Å². The number of hydrogen-bond acceptors (Lipinski definition) is 3. The maximum atomic E-state index is 5.57. The Kier molecular flexibility index (Phi) is 2.34. The third-order valence-corrected chi connectivity index (χ3v) is 2.44. The molecule has 0 aromatic carbocycles. The van der Waals surface area contributed by atoms with E-state index in [9.17, 15) is 0 Å². The quantitative estimate of drug-likeness (QED) is 0.768. The number of ether oxygens (including phenoxy) is 1. The van der Waals surface area contributed by atoms with Crippen molar-refractivity contribution in [2.45, 2.75) is 19.3 Å². The molecule has 3 nitrogen and oxygen atoms in total. The maximum Gasteiger partial charge on any atom is 0.139 e. The summed E-state index contributed by atoms with van der Waals surface area (Å²) in [6, 6.07) is 1.81. The normalized spacial score (nSPS) is 16.6. The van der Waals surface area contributed by atoms with E-state index in [-0.39, 0.29) is 0 Å². The molecule has 0 radical (unpaired) electrons. The zero-order valence-corrected chi connectivity index (χ0v) is 7.57. The van der Waals surface area contributed by atoms with Gasteiger partial charge in [-0.2, -0.15) is 0 Å². The summed E-state index contributed by atoms with van der Waals surface area (Å²) in [7, 11) is 0. The molecule has 1 aliphatic carbocycles. The van der Waals surface area contributed by atoms with Gasteiger partial charge in [0.15, 0.2) is 0 Å². The van der Waals surface area contributed by atoms with E-state index in [2.05, 4.69) is 4.98 Å². The highest BCUT2D eigenvalue weighted by molar-refractivity contribution is 5.39. The van der Waals surface area contributed by atoms with Crippen LogP contribution in [0.4, 0.5) is 5.69 Å². The minimum atomic E-state index is 0.658. The van der Waals surface area contributed by atoms with Crippen LogP contribution in [0.2, 0.25) is 0 Å². The van der Waals surface area contributed by atoms with Crippen LogP contribution in [0, 0.1) is 5.92 Å². The summed E-state index contributed by atoms with van der Waals surface area (Å²) in [4.78, 5) is 3.96. The predicted molar refractivity (Wildman–Crippen MR) is 51.5 cm³/mol. The minimum absolute atomic E-state index is 0.658. The average molecular weight is 178 g/mol. The molecule has 0 amide bonds. The second-order valence-electron chi connectivity index (χ2n) is 3.56. The Morgan fingerprint density at radius 2 is 2.31 bits per heavy atom. The summed E-state index contributed by atoms with van der Waals surface area (Å²) in [5.41, 5.74) is 6.23. The van der Waals surface area contributed by atoms with Crippen LogP contribution in [-0.2, 0) is 0 Å². The predicted octanol–water partition coefficient (Wildman–Crippen LogP) is 1.84. The maximum absolute atomic E-state index is 5.57. The number of rotatable bonds is 3. The van der Waals surface area contributed by atoms with Crippen molar-refractivity contribution in [3.05, 3.63) is 18.5 Å². The molecule has 0 spiro atoms. The molecule has 2 rings (SSSR count). The fraction of sp³-hybridized carbons (Fsp3) is 0.500. The van der Waals surface area contributed by atoms with Crippen molar-refractivity contribution < 1.29 is 4.74 Å². The van der Waals surface area contributed by atoms with Gasteiger partial charge in [-0.05, 0) is 18.8 Å². The molecule has 1 aromatic heterocycles. The summed E-state index contributed by atoms with van der Waals surface area (Å²) in [5.74, 6) is 1.54. The van der Waals surface area contributed by atoms with Crippen LogP contribution in [0.5, 0.6) is 5.75 Å². The van der Waals surface area contributed by atoms with E-state index in [0.29, 0.717) is 5.69 Å². The Morgan fingerprint density at radius 3 is 2.92 bits per heavy atom. The van der Waals surface area contributed by atoms with Crippen LogP contribution >= 0.6 is 0 Å². The standard InChI is InChI=1S/C10H14N2O/c11-9-4-10(6-12-5-9)13-7-8-2-1-3-8/h4-6,8H,1-3,7,11H2. The number of hydrogen-bond donors (Lipinski definition) is 1. The van der Waals surface area contributed by atoms with E-state index in [4.69, 9.17) is 10.5 Å². The van der Waals surface area contributed by atoms with Crippen molar-refractivity contribution >= 4 is 5.69 Å². The van der Waals surface area contributed by atoms with Crippen LogP contribution in [0.15, 0.2) is 18.5 Å². The zero-order valence-electron chi connectivity index (χ0n) is 7.57. The number of aromatic nitrogens is 1. The molecule has 0 unspecified atom stereocenters. The molecule has 1 aliphatic rings. The van der Waals surface area contributed by atoms with E-state index in [1.54, 1.807) is 12.4 Å². The molecule has 1 fully saturated rings. The van der Waals surface area contributed by atoms with Crippen LogP contribution in [0.25, 0.3) is 0 Å². The molecule has 70 valence electrons. The first-order valence-electron chi connectivity index (χ1n) is 4.68. The molecule has 3 heteroatoms. The SMILES string of the molecule is Nc1cncc(OCC2CCC2)c1. The van der Waals surface area contributed by atoms with Crippen molar-refractivity contribution in [3.63, 3.8) is 0 Å². The first kappa shape index (κ1) is 8.35. The Balaban J connectivity index is 1.86. The van der Waals surface area contributed by atoms with Gasteiger partial charge in [-0.1, -0.05) is 6.42 Å². The molecule has 0 atom stereocenters. The molecule has 2 N–H and O–H groups in total. The second-order valence-corrected chi connectivity index (χ2v) is 3.56. The fourth-order valence-corrected chi connectivity index (χ4v) is 1.39. The van der Waals surface area contributed by atoms with Crippen molar-refractivity contribution in [2.24, 2.45) is 5.92 Å². The van der Waals surface area contributed by atoms with E-state index in [1.807, 2.05) is 6.07 Å². The van der Waals surface area contributed by atoms with Crippen molar-refractivity contribution in [2.75, 3.05) is 12.3 Å². The van der Waals surface area contributed by atoms with Gasteiger partial charge in [0.05, 0.1) is 24.7 Å². The fourth-order valence-electron chi connectivity index (χ4n) is 1.39. The van der Waals surface area contributed by atoms with Crippen LogP contribution < -0.4 is 10.5 Å². The molecule has 13 heavy (non-hydrogen) atoms. The van der Waals surface area contributed by atoms with Gasteiger partial charge >= 0.3 is 0 Å². The molecule has 1 heterocycles. The molecule has 0 saturated heterocycles. The average Bonchev–Trinajstić information content (AvgIpc) is 2.01. The zero-order chi connectivity index (χ0) is 9.10. The molecule has 1 saturated carbocycles. The van der Waals surface area contributed by atoms with Crippen LogP contribution in [0.1, 0.15) is 19.3 Å². The Bertz CT molecular complexity index is 284. The van der Waals surface area contributed by atoms with Gasteiger partial charge in [0.25, 0.3) is 0 Å². The van der Waals surface area contributed by atoms with Gasteiger partial charge in [-0.3, -0.25) is 4.98 Å². The minimum Gasteiger partial charge on any atom is -0.492 e. The van der Waals surface area contributed by atoms with Crippen molar-refractivity contribution in [1.82, 2.24) is 4.98 Å². The summed E-state index contributed by atoms with van der Waals surface area (Å²) in [6.07, 6.45) is 7.28. The summed E-state index contributed by atoms with van der Waals surface area (Å²) in [6.45, 7) is 0.811. The van der Waals surface area contributed by atoms with E-state index >= 15 is 0 Å². The summed E-state index contributed by atoms with van der Waals surface area (Å²) in [5, 5.41) is 0. The van der Waals surface area contributed by atoms with E-state index < -0.39 is 0 Å². The Labute approximate surface area is 77.9 Å². The van der Waals surface area contributed by atoms with E-state index in [0.717, 1.165) is 18.3 Å². The van der Waals surface area contributed by atoms with Gasteiger partial charge in [0.1, 0.15) is 5.75 Å². The summed E-state index contributed by atoms with van der Waals surface area (Å²) < 4.78 is 5.55. The van der Waals surface area contributed by atoms with Gasteiger partial charge in [0.2, 0.25) is 0 Å². The molecular formula is C10H14N2O. The lowest BCUT2D eigenvalue weighted by Crippen LogP contribution is -2.19. The van der Waals surface area contributed by atoms with Crippen LogP contribution in [-0.4, -0.2) is 11.6 Å². The highest BCUT2D eigenvalue weighted by Crippen LogP contribution is 2.27. The first-order valence-corrected chi connectivity index (χ1v) is 4.68. The lowest BCUT2D eigenvalue weighted by atomic mass is 9.86. The highest BCUT2D eigenvalue weighted by atomic mass is 16.5. The van der Waals surface area contributed by atoms with Crippen molar-refractivity contribution in [3.8, 4) is 5.75 Å². The second kappa shape index (κ2) is 3.64. The van der Waals surface area contributed by atoms with E-state index in [1.165, 1.54) is 19.3 Å². The first-order chi connectivity index (χ1) is 6.34. The lowest BCUT2D eigenvalue weighted by Gasteiger charge is -2.24. The topological polar surface area (TPSA) is 48.1 Å². The number of pyridine rings is 1. The molecular weight excluding hydrogens is 164 g/mol. The molecule has 1 aromatic rings. The van der Waals surface area contributed by atoms with Gasteiger partial charge in [0, 0.05) is 6.07 Å². The third-order valence-electron chi connectivity index (χ3n) is 2.44. The van der Waals surface area contributed by atoms with Crippen molar-refractivity contribution in [1.29, 1.82) is 0 Å². The number of anilines is 1. The smallest absolute Gasteiger partial charge is 0.139 e. The van der Waals surface area contributed by atoms with Gasteiger partial charge in [-0.15, -0.1) is 0 Å². The summed E-state index contributed by atoms with van der Waals surface area (Å²) >= 11 is 0. The number of nitrogens with zero attached hydrogens (tertiary/aromatic N) is 1. The largest absolute Gasteiger partial charge is 0.492 e. The van der Waals surface area contributed by atoms with Gasteiger partial charge in [-0.25, -0.2) is 0 Å². The lowest BCUT2D eigenvalue weighted by molar-refractivity contribution is 0.180. The Morgan fingerprint density at radius 1 is 1.46 bits per heavy atom. The molecule has 0 bridgehead atoms. The molecule has 0 aliphatic heterocycles.